The number of ether oxygens (including phenoxy) is 1. The molecule has 0 aliphatic carbocycles. The van der Waals surface area contributed by atoms with Crippen LogP contribution in [-0.4, -0.2) is 48.5 Å². The van der Waals surface area contributed by atoms with E-state index in [1.165, 1.54) is 0 Å². The molecule has 102 valence electrons. The summed E-state index contributed by atoms with van der Waals surface area (Å²) in [6.45, 7) is 3.53. The fourth-order valence-electron chi connectivity index (χ4n) is 1.65. The number of nitrogens with one attached hydrogen (secondary N) is 2. The molecule has 0 aliphatic heterocycles. The van der Waals surface area contributed by atoms with E-state index in [1.807, 2.05) is 26.4 Å². The normalized spacial score (nSPS) is 12.4. The average molecular weight is 254 g/mol. The van der Waals surface area contributed by atoms with Crippen molar-refractivity contribution in [2.75, 3.05) is 26.8 Å². The van der Waals surface area contributed by atoms with Crippen molar-refractivity contribution < 1.29 is 9.53 Å². The highest BCUT2D eigenvalue weighted by Gasteiger charge is 2.06. The maximum Gasteiger partial charge on any atom is 0.234 e. The molecule has 0 saturated carbocycles. The Bertz CT molecular complexity index is 365. The highest BCUT2D eigenvalue weighted by atomic mass is 16.5. The molecule has 6 heteroatoms. The predicted octanol–water partition coefficient (Wildman–Crippen LogP) is -0.297. The number of carbonyl (C=O) groups is 1. The molecule has 0 aromatic carbocycles. The molecule has 1 heterocycles. The Labute approximate surface area is 108 Å². The lowest BCUT2D eigenvalue weighted by Crippen LogP contribution is -2.41. The van der Waals surface area contributed by atoms with Gasteiger partial charge in [0.1, 0.15) is 0 Å². The van der Waals surface area contributed by atoms with E-state index >= 15 is 0 Å². The lowest BCUT2D eigenvalue weighted by Gasteiger charge is -2.12. The van der Waals surface area contributed by atoms with Crippen LogP contribution in [0.1, 0.15) is 12.5 Å². The smallest absolute Gasteiger partial charge is 0.234 e. The Balaban J connectivity index is 2.08. The van der Waals surface area contributed by atoms with Crippen molar-refractivity contribution in [3.63, 3.8) is 0 Å². The molecule has 1 unspecified atom stereocenters. The molecule has 0 saturated heterocycles. The van der Waals surface area contributed by atoms with E-state index in [0.29, 0.717) is 13.2 Å². The molecule has 0 bridgehead atoms. The summed E-state index contributed by atoms with van der Waals surface area (Å²) in [5.41, 5.74) is 1.16. The summed E-state index contributed by atoms with van der Waals surface area (Å²) in [4.78, 5) is 11.5. The topological polar surface area (TPSA) is 68.2 Å². The largest absolute Gasteiger partial charge is 0.383 e. The Hall–Kier alpha value is -1.40. The van der Waals surface area contributed by atoms with E-state index in [1.54, 1.807) is 11.8 Å². The standard InChI is InChI=1S/C12H22N4O2/c1-10(9-18-3)15-12(17)7-13-5-4-11-6-14-16(2)8-11/h6,8,10,13H,4-5,7,9H2,1-3H3,(H,15,17). The van der Waals surface area contributed by atoms with E-state index in [4.69, 9.17) is 4.74 Å². The minimum absolute atomic E-state index is 0.00858. The summed E-state index contributed by atoms with van der Waals surface area (Å²) in [7, 11) is 3.51. The third kappa shape index (κ3) is 5.79. The second kappa shape index (κ2) is 7.84. The van der Waals surface area contributed by atoms with Gasteiger partial charge >= 0.3 is 0 Å². The quantitative estimate of drug-likeness (QED) is 0.625. The van der Waals surface area contributed by atoms with E-state index in [0.717, 1.165) is 18.5 Å². The molecule has 0 radical (unpaired) electrons. The molecule has 1 rings (SSSR count). The van der Waals surface area contributed by atoms with Crippen LogP contribution in [0.4, 0.5) is 0 Å². The monoisotopic (exact) mass is 254 g/mol. The summed E-state index contributed by atoms with van der Waals surface area (Å²) in [6, 6.07) is 0.0441. The Morgan fingerprint density at radius 3 is 3.00 bits per heavy atom. The van der Waals surface area contributed by atoms with Gasteiger partial charge in [0, 0.05) is 26.4 Å². The van der Waals surface area contributed by atoms with Crippen molar-refractivity contribution in [3.05, 3.63) is 18.0 Å². The predicted molar refractivity (Wildman–Crippen MR) is 69.3 cm³/mol. The van der Waals surface area contributed by atoms with Crippen molar-refractivity contribution >= 4 is 5.91 Å². The van der Waals surface area contributed by atoms with Gasteiger partial charge in [-0.15, -0.1) is 0 Å². The fraction of sp³-hybridized carbons (Fsp3) is 0.667. The summed E-state index contributed by atoms with van der Waals surface area (Å²) >= 11 is 0. The fourth-order valence-corrected chi connectivity index (χ4v) is 1.65. The molecule has 0 fully saturated rings. The minimum Gasteiger partial charge on any atom is -0.383 e. The van der Waals surface area contributed by atoms with Gasteiger partial charge in [-0.3, -0.25) is 9.48 Å². The van der Waals surface area contributed by atoms with Gasteiger partial charge in [0.15, 0.2) is 0 Å². The number of hydrogen-bond acceptors (Lipinski definition) is 4. The van der Waals surface area contributed by atoms with Crippen molar-refractivity contribution in [2.24, 2.45) is 7.05 Å². The minimum atomic E-state index is -0.00858. The zero-order chi connectivity index (χ0) is 13.4. The Morgan fingerprint density at radius 2 is 2.39 bits per heavy atom. The van der Waals surface area contributed by atoms with Crippen LogP contribution in [0.3, 0.4) is 0 Å². The van der Waals surface area contributed by atoms with Crippen molar-refractivity contribution in [3.8, 4) is 0 Å². The maximum absolute atomic E-state index is 11.5. The van der Waals surface area contributed by atoms with Gasteiger partial charge in [0.2, 0.25) is 5.91 Å². The Kier molecular flexibility index (Phi) is 6.38. The number of carbonyl (C=O) groups excluding carboxylic acids is 1. The highest BCUT2D eigenvalue weighted by molar-refractivity contribution is 5.78. The van der Waals surface area contributed by atoms with Gasteiger partial charge in [0.25, 0.3) is 0 Å². The zero-order valence-electron chi connectivity index (χ0n) is 11.3. The first-order valence-electron chi connectivity index (χ1n) is 6.08. The third-order valence-electron chi connectivity index (χ3n) is 2.46. The third-order valence-corrected chi connectivity index (χ3v) is 2.46. The molecule has 1 aromatic heterocycles. The van der Waals surface area contributed by atoms with Crippen LogP contribution in [-0.2, 0) is 23.0 Å². The highest BCUT2D eigenvalue weighted by Crippen LogP contribution is 1.95. The molecule has 0 aliphatic rings. The number of methoxy groups -OCH3 is 1. The zero-order valence-corrected chi connectivity index (χ0v) is 11.3. The second-order valence-electron chi connectivity index (χ2n) is 4.37. The first kappa shape index (κ1) is 14.7. The lowest BCUT2D eigenvalue weighted by molar-refractivity contribution is -0.121. The summed E-state index contributed by atoms with van der Waals surface area (Å²) < 4.78 is 6.72. The van der Waals surface area contributed by atoms with Gasteiger partial charge in [0.05, 0.1) is 19.3 Å². The first-order chi connectivity index (χ1) is 8.61. The summed E-state index contributed by atoms with van der Waals surface area (Å²) in [6.07, 6.45) is 4.68. The molecule has 2 N–H and O–H groups in total. The molecule has 18 heavy (non-hydrogen) atoms. The van der Waals surface area contributed by atoms with Crippen molar-refractivity contribution in [1.29, 1.82) is 0 Å². The van der Waals surface area contributed by atoms with Gasteiger partial charge in [-0.1, -0.05) is 0 Å². The van der Waals surface area contributed by atoms with Crippen LogP contribution in [0, 0.1) is 0 Å². The number of aryl methyl sites for hydroxylation is 1. The van der Waals surface area contributed by atoms with Crippen molar-refractivity contribution in [1.82, 2.24) is 20.4 Å². The van der Waals surface area contributed by atoms with Crippen LogP contribution in [0.25, 0.3) is 0 Å². The molecule has 1 amide bonds. The SMILES string of the molecule is COCC(C)NC(=O)CNCCc1cnn(C)c1. The number of rotatable bonds is 8. The first-order valence-corrected chi connectivity index (χ1v) is 6.08. The van der Waals surface area contributed by atoms with Gasteiger partial charge in [-0.05, 0) is 25.5 Å². The summed E-state index contributed by atoms with van der Waals surface area (Å²) in [5, 5.41) is 10.0. The molecular weight excluding hydrogens is 232 g/mol. The lowest BCUT2D eigenvalue weighted by atomic mass is 10.2. The second-order valence-corrected chi connectivity index (χ2v) is 4.37. The summed E-state index contributed by atoms with van der Waals surface area (Å²) in [5.74, 6) is -0.00858. The number of aromatic nitrogens is 2. The average Bonchev–Trinajstić information content (AvgIpc) is 2.71. The van der Waals surface area contributed by atoms with E-state index < -0.39 is 0 Å². The maximum atomic E-state index is 11.5. The molecule has 6 nitrogen and oxygen atoms in total. The van der Waals surface area contributed by atoms with Gasteiger partial charge < -0.3 is 15.4 Å². The van der Waals surface area contributed by atoms with E-state index in [-0.39, 0.29) is 11.9 Å². The Morgan fingerprint density at radius 1 is 1.61 bits per heavy atom. The van der Waals surface area contributed by atoms with Crippen LogP contribution >= 0.6 is 0 Å². The van der Waals surface area contributed by atoms with Crippen LogP contribution in [0.2, 0.25) is 0 Å². The van der Waals surface area contributed by atoms with Crippen molar-refractivity contribution in [2.45, 2.75) is 19.4 Å². The van der Waals surface area contributed by atoms with Crippen LogP contribution < -0.4 is 10.6 Å². The number of amides is 1. The molecule has 1 atom stereocenters. The molecular formula is C12H22N4O2. The van der Waals surface area contributed by atoms with Gasteiger partial charge in [-0.25, -0.2) is 0 Å². The number of hydrogen-bond donors (Lipinski definition) is 2. The molecule has 0 spiro atoms. The number of nitrogens with zero attached hydrogens (tertiary/aromatic N) is 2. The van der Waals surface area contributed by atoms with Gasteiger partial charge in [-0.2, -0.15) is 5.10 Å². The van der Waals surface area contributed by atoms with E-state index in [2.05, 4.69) is 15.7 Å². The van der Waals surface area contributed by atoms with Crippen LogP contribution in [0.15, 0.2) is 12.4 Å². The molecule has 1 aromatic rings. The van der Waals surface area contributed by atoms with E-state index in [9.17, 15) is 4.79 Å². The van der Waals surface area contributed by atoms with Crippen LogP contribution in [0.5, 0.6) is 0 Å².